The molecule has 16 heavy (non-hydrogen) atoms. The monoisotopic (exact) mass is 225 g/mol. The van der Waals surface area contributed by atoms with E-state index in [4.69, 9.17) is 5.73 Å². The smallest absolute Gasteiger partial charge is 0.239 e. The van der Waals surface area contributed by atoms with Crippen molar-refractivity contribution >= 4 is 5.91 Å². The highest BCUT2D eigenvalue weighted by Gasteiger charge is 2.39. The van der Waals surface area contributed by atoms with Crippen LogP contribution in [0, 0.1) is 5.92 Å². The average Bonchev–Trinajstić information content (AvgIpc) is 2.86. The SMILES string of the molecule is CN1CCC(N(C)C2CCCC2CN)C1=O. The maximum Gasteiger partial charge on any atom is 0.239 e. The van der Waals surface area contributed by atoms with Gasteiger partial charge in [0.2, 0.25) is 5.91 Å². The number of amides is 1. The summed E-state index contributed by atoms with van der Waals surface area (Å²) in [6.07, 6.45) is 4.65. The van der Waals surface area contributed by atoms with Gasteiger partial charge in [0.15, 0.2) is 0 Å². The van der Waals surface area contributed by atoms with Gasteiger partial charge in [-0.05, 0) is 38.8 Å². The van der Waals surface area contributed by atoms with Crippen molar-refractivity contribution in [2.75, 3.05) is 27.2 Å². The fourth-order valence-corrected chi connectivity index (χ4v) is 3.24. The van der Waals surface area contributed by atoms with Gasteiger partial charge in [0.25, 0.3) is 0 Å². The second kappa shape index (κ2) is 4.72. The fourth-order valence-electron chi connectivity index (χ4n) is 3.24. The van der Waals surface area contributed by atoms with Crippen molar-refractivity contribution in [3.8, 4) is 0 Å². The molecular weight excluding hydrogens is 202 g/mol. The molecule has 0 aromatic heterocycles. The molecule has 3 unspecified atom stereocenters. The number of carbonyl (C=O) groups excluding carboxylic acids is 1. The van der Waals surface area contributed by atoms with E-state index in [-0.39, 0.29) is 11.9 Å². The van der Waals surface area contributed by atoms with Gasteiger partial charge in [0.1, 0.15) is 0 Å². The third-order valence-corrected chi connectivity index (χ3v) is 4.34. The largest absolute Gasteiger partial charge is 0.344 e. The zero-order chi connectivity index (χ0) is 11.7. The van der Waals surface area contributed by atoms with Crippen LogP contribution in [0.3, 0.4) is 0 Å². The van der Waals surface area contributed by atoms with E-state index in [9.17, 15) is 4.79 Å². The first kappa shape index (κ1) is 11.9. The highest BCUT2D eigenvalue weighted by Crippen LogP contribution is 2.31. The molecule has 3 atom stereocenters. The summed E-state index contributed by atoms with van der Waals surface area (Å²) in [5.41, 5.74) is 5.80. The summed E-state index contributed by atoms with van der Waals surface area (Å²) in [6.45, 7) is 1.65. The Morgan fingerprint density at radius 1 is 1.44 bits per heavy atom. The maximum atomic E-state index is 12.0. The van der Waals surface area contributed by atoms with Crippen LogP contribution in [-0.4, -0.2) is 55.0 Å². The molecule has 1 heterocycles. The van der Waals surface area contributed by atoms with E-state index in [0.29, 0.717) is 12.0 Å². The molecule has 0 radical (unpaired) electrons. The van der Waals surface area contributed by atoms with Gasteiger partial charge < -0.3 is 10.6 Å². The first-order valence-corrected chi connectivity index (χ1v) is 6.32. The lowest BCUT2D eigenvalue weighted by Crippen LogP contribution is -2.47. The molecule has 2 N–H and O–H groups in total. The van der Waals surface area contributed by atoms with Crippen molar-refractivity contribution in [1.82, 2.24) is 9.80 Å². The Hall–Kier alpha value is -0.610. The highest BCUT2D eigenvalue weighted by molar-refractivity contribution is 5.83. The highest BCUT2D eigenvalue weighted by atomic mass is 16.2. The molecule has 4 heteroatoms. The van der Waals surface area contributed by atoms with Gasteiger partial charge in [-0.1, -0.05) is 6.42 Å². The molecule has 1 amide bonds. The van der Waals surface area contributed by atoms with Crippen LogP contribution >= 0.6 is 0 Å². The molecule has 0 aromatic rings. The van der Waals surface area contributed by atoms with E-state index in [1.54, 1.807) is 0 Å². The van der Waals surface area contributed by atoms with Crippen molar-refractivity contribution in [3.63, 3.8) is 0 Å². The van der Waals surface area contributed by atoms with E-state index in [1.165, 1.54) is 19.3 Å². The average molecular weight is 225 g/mol. The zero-order valence-corrected chi connectivity index (χ0v) is 10.4. The minimum atomic E-state index is 0.0992. The molecule has 4 nitrogen and oxygen atoms in total. The van der Waals surface area contributed by atoms with Crippen LogP contribution in [0.25, 0.3) is 0 Å². The molecule has 1 saturated carbocycles. The zero-order valence-electron chi connectivity index (χ0n) is 10.4. The van der Waals surface area contributed by atoms with E-state index in [1.807, 2.05) is 11.9 Å². The van der Waals surface area contributed by atoms with Gasteiger partial charge >= 0.3 is 0 Å². The summed E-state index contributed by atoms with van der Waals surface area (Å²) in [7, 11) is 3.99. The van der Waals surface area contributed by atoms with E-state index in [2.05, 4.69) is 11.9 Å². The van der Waals surface area contributed by atoms with Gasteiger partial charge in [-0.25, -0.2) is 0 Å². The van der Waals surface area contributed by atoms with Crippen LogP contribution in [0.4, 0.5) is 0 Å². The van der Waals surface area contributed by atoms with Gasteiger partial charge in [-0.2, -0.15) is 0 Å². The molecule has 0 aromatic carbocycles. The Labute approximate surface area is 97.8 Å². The van der Waals surface area contributed by atoms with Crippen LogP contribution in [0.5, 0.6) is 0 Å². The van der Waals surface area contributed by atoms with Crippen molar-refractivity contribution < 1.29 is 4.79 Å². The molecule has 92 valence electrons. The Morgan fingerprint density at radius 3 is 2.75 bits per heavy atom. The second-order valence-electron chi connectivity index (χ2n) is 5.22. The van der Waals surface area contributed by atoms with Crippen molar-refractivity contribution in [2.24, 2.45) is 11.7 Å². The van der Waals surface area contributed by atoms with Crippen molar-refractivity contribution in [1.29, 1.82) is 0 Å². The summed E-state index contributed by atoms with van der Waals surface area (Å²) < 4.78 is 0. The Balaban J connectivity index is 2.01. The lowest BCUT2D eigenvalue weighted by molar-refractivity contribution is -0.131. The Morgan fingerprint density at radius 2 is 2.19 bits per heavy atom. The Kier molecular flexibility index (Phi) is 3.50. The van der Waals surface area contributed by atoms with E-state index >= 15 is 0 Å². The van der Waals surface area contributed by atoms with E-state index in [0.717, 1.165) is 19.5 Å². The number of rotatable bonds is 3. The first-order chi connectivity index (χ1) is 7.65. The van der Waals surface area contributed by atoms with Crippen molar-refractivity contribution in [3.05, 3.63) is 0 Å². The molecule has 2 fully saturated rings. The van der Waals surface area contributed by atoms with Crippen LogP contribution < -0.4 is 5.73 Å². The predicted octanol–water partition coefficient (Wildman–Crippen LogP) is 0.276. The summed E-state index contributed by atoms with van der Waals surface area (Å²) in [5, 5.41) is 0. The fraction of sp³-hybridized carbons (Fsp3) is 0.917. The summed E-state index contributed by atoms with van der Waals surface area (Å²) >= 11 is 0. The minimum absolute atomic E-state index is 0.0992. The number of hydrogen-bond donors (Lipinski definition) is 1. The first-order valence-electron chi connectivity index (χ1n) is 6.32. The van der Waals surface area contributed by atoms with Crippen LogP contribution in [-0.2, 0) is 4.79 Å². The molecule has 0 bridgehead atoms. The van der Waals surface area contributed by atoms with Gasteiger partial charge in [0.05, 0.1) is 6.04 Å². The van der Waals surface area contributed by atoms with Gasteiger partial charge in [-0.3, -0.25) is 9.69 Å². The third kappa shape index (κ3) is 1.96. The molecule has 2 aliphatic rings. The number of nitrogens with two attached hydrogens (primary N) is 1. The number of hydrogen-bond acceptors (Lipinski definition) is 3. The molecule has 1 aliphatic heterocycles. The molecule has 2 rings (SSSR count). The summed E-state index contributed by atoms with van der Waals surface area (Å²) in [4.78, 5) is 16.1. The number of likely N-dealkylation sites (tertiary alicyclic amines) is 1. The van der Waals surface area contributed by atoms with Crippen LogP contribution in [0.2, 0.25) is 0 Å². The third-order valence-electron chi connectivity index (χ3n) is 4.34. The molecule has 0 spiro atoms. The molecule has 1 aliphatic carbocycles. The lowest BCUT2D eigenvalue weighted by Gasteiger charge is -2.32. The van der Waals surface area contributed by atoms with Crippen LogP contribution in [0.1, 0.15) is 25.7 Å². The minimum Gasteiger partial charge on any atom is -0.344 e. The normalized spacial score (nSPS) is 35.4. The number of likely N-dealkylation sites (N-methyl/N-ethyl adjacent to an activating group) is 2. The molecular formula is C12H23N3O. The number of nitrogens with zero attached hydrogens (tertiary/aromatic N) is 2. The van der Waals surface area contributed by atoms with Crippen molar-refractivity contribution in [2.45, 2.75) is 37.8 Å². The summed E-state index contributed by atoms with van der Waals surface area (Å²) in [5.74, 6) is 0.869. The van der Waals surface area contributed by atoms with Gasteiger partial charge in [-0.15, -0.1) is 0 Å². The van der Waals surface area contributed by atoms with Crippen LogP contribution in [0.15, 0.2) is 0 Å². The second-order valence-corrected chi connectivity index (χ2v) is 5.22. The standard InChI is InChI=1S/C12H23N3O/c1-14-7-6-11(12(14)16)15(2)10-5-3-4-9(10)8-13/h9-11H,3-8,13H2,1-2H3. The van der Waals surface area contributed by atoms with Gasteiger partial charge in [0, 0.05) is 19.6 Å². The lowest BCUT2D eigenvalue weighted by atomic mass is 10.0. The topological polar surface area (TPSA) is 49.6 Å². The van der Waals surface area contributed by atoms with E-state index < -0.39 is 0 Å². The quantitative estimate of drug-likeness (QED) is 0.750. The molecule has 1 saturated heterocycles. The number of carbonyl (C=O) groups is 1. The summed E-state index contributed by atoms with van der Waals surface area (Å²) in [6, 6.07) is 0.618. The Bertz CT molecular complexity index is 269. The predicted molar refractivity (Wildman–Crippen MR) is 64.0 cm³/mol. The maximum absolute atomic E-state index is 12.0.